The summed E-state index contributed by atoms with van der Waals surface area (Å²) in [5.74, 6) is -0.0132. The van der Waals surface area contributed by atoms with Gasteiger partial charge in [-0.1, -0.05) is 6.92 Å². The van der Waals surface area contributed by atoms with Crippen molar-refractivity contribution in [2.24, 2.45) is 5.92 Å². The van der Waals surface area contributed by atoms with Gasteiger partial charge < -0.3 is 10.6 Å². The molecule has 2 aromatic heterocycles. The predicted octanol–water partition coefficient (Wildman–Crippen LogP) is 1.22. The van der Waals surface area contributed by atoms with Crippen LogP contribution in [0, 0.1) is 5.92 Å². The SMILES string of the molecule is CC(C)NC(=O)CNC(=O)Cn1cnc2sc3c(c2c1=O)CC[C@@H](C)C3. The first-order valence-corrected chi connectivity index (χ1v) is 9.72. The number of rotatable bonds is 5. The molecule has 1 aliphatic rings. The van der Waals surface area contributed by atoms with Crippen LogP contribution in [0.2, 0.25) is 0 Å². The minimum atomic E-state index is -0.384. The van der Waals surface area contributed by atoms with Crippen molar-refractivity contribution in [3.63, 3.8) is 0 Å². The molecule has 26 heavy (non-hydrogen) atoms. The molecule has 0 radical (unpaired) electrons. The van der Waals surface area contributed by atoms with Crippen LogP contribution in [0.1, 0.15) is 37.6 Å². The van der Waals surface area contributed by atoms with Crippen LogP contribution in [0.15, 0.2) is 11.1 Å². The lowest BCUT2D eigenvalue weighted by Gasteiger charge is -2.17. The van der Waals surface area contributed by atoms with Gasteiger partial charge in [0.2, 0.25) is 11.8 Å². The molecule has 0 saturated heterocycles. The lowest BCUT2D eigenvalue weighted by Crippen LogP contribution is -2.41. The molecule has 2 N–H and O–H groups in total. The van der Waals surface area contributed by atoms with E-state index < -0.39 is 0 Å². The first-order valence-electron chi connectivity index (χ1n) is 8.91. The molecule has 2 aromatic rings. The minimum absolute atomic E-state index is 0.0149. The molecular formula is C18H24N4O3S. The highest BCUT2D eigenvalue weighted by molar-refractivity contribution is 7.18. The van der Waals surface area contributed by atoms with Crippen molar-refractivity contribution in [3.05, 3.63) is 27.1 Å². The normalized spacial score (nSPS) is 16.5. The van der Waals surface area contributed by atoms with Crippen molar-refractivity contribution in [2.75, 3.05) is 6.54 Å². The van der Waals surface area contributed by atoms with E-state index in [1.54, 1.807) is 11.3 Å². The molecule has 0 spiro atoms. The van der Waals surface area contributed by atoms with Crippen LogP contribution in [0.3, 0.4) is 0 Å². The van der Waals surface area contributed by atoms with Gasteiger partial charge in [-0.05, 0) is 44.6 Å². The number of aryl methyl sites for hydroxylation is 1. The van der Waals surface area contributed by atoms with Gasteiger partial charge in [0.05, 0.1) is 18.3 Å². The molecule has 140 valence electrons. The number of nitrogens with zero attached hydrogens (tertiary/aromatic N) is 2. The van der Waals surface area contributed by atoms with E-state index in [0.717, 1.165) is 29.7 Å². The molecule has 8 heteroatoms. The fourth-order valence-electron chi connectivity index (χ4n) is 3.24. The lowest BCUT2D eigenvalue weighted by molar-refractivity contribution is -0.126. The number of carbonyl (C=O) groups is 2. The van der Waals surface area contributed by atoms with Gasteiger partial charge in [0, 0.05) is 10.9 Å². The zero-order valence-electron chi connectivity index (χ0n) is 15.3. The molecule has 0 bridgehead atoms. The van der Waals surface area contributed by atoms with Crippen molar-refractivity contribution in [2.45, 2.75) is 52.6 Å². The molecule has 0 saturated carbocycles. The monoisotopic (exact) mass is 376 g/mol. The standard InChI is InChI=1S/C18H24N4O3S/c1-10(2)21-14(23)7-19-15(24)8-22-9-20-17-16(18(22)25)12-5-4-11(3)6-13(12)26-17/h9-11H,4-8H2,1-3H3,(H,19,24)(H,21,23)/t11-/m1/s1. The smallest absolute Gasteiger partial charge is 0.262 e. The zero-order valence-corrected chi connectivity index (χ0v) is 16.1. The third kappa shape index (κ3) is 3.95. The van der Waals surface area contributed by atoms with E-state index in [4.69, 9.17) is 0 Å². The topological polar surface area (TPSA) is 93.1 Å². The van der Waals surface area contributed by atoms with Crippen LogP contribution in [-0.4, -0.2) is 34.0 Å². The first-order chi connectivity index (χ1) is 12.3. The van der Waals surface area contributed by atoms with Gasteiger partial charge in [0.15, 0.2) is 0 Å². The fraction of sp³-hybridized carbons (Fsp3) is 0.556. The van der Waals surface area contributed by atoms with Crippen molar-refractivity contribution < 1.29 is 9.59 Å². The maximum absolute atomic E-state index is 12.8. The Morgan fingerprint density at radius 3 is 2.88 bits per heavy atom. The van der Waals surface area contributed by atoms with Crippen LogP contribution in [0.4, 0.5) is 0 Å². The summed E-state index contributed by atoms with van der Waals surface area (Å²) in [5, 5.41) is 5.89. The van der Waals surface area contributed by atoms with Crippen molar-refractivity contribution >= 4 is 33.4 Å². The number of hydrogen-bond donors (Lipinski definition) is 2. The Kier molecular flexibility index (Phi) is 5.41. The van der Waals surface area contributed by atoms with Crippen LogP contribution in [-0.2, 0) is 29.0 Å². The Labute approximate surface area is 155 Å². The molecule has 2 amide bonds. The highest BCUT2D eigenvalue weighted by Crippen LogP contribution is 2.35. The van der Waals surface area contributed by atoms with Crippen molar-refractivity contribution in [3.8, 4) is 0 Å². The summed E-state index contributed by atoms with van der Waals surface area (Å²) in [5.41, 5.74) is 0.926. The molecule has 1 atom stereocenters. The highest BCUT2D eigenvalue weighted by atomic mass is 32.1. The summed E-state index contributed by atoms with van der Waals surface area (Å²) in [6.07, 6.45) is 4.36. The van der Waals surface area contributed by atoms with Gasteiger partial charge in [-0.25, -0.2) is 4.98 Å². The van der Waals surface area contributed by atoms with E-state index in [0.29, 0.717) is 11.3 Å². The number of fused-ring (bicyclic) bond motifs is 3. The Morgan fingerprint density at radius 1 is 1.38 bits per heavy atom. The van der Waals surface area contributed by atoms with Gasteiger partial charge in [0.25, 0.3) is 5.56 Å². The molecule has 7 nitrogen and oxygen atoms in total. The Bertz CT molecular complexity index is 900. The largest absolute Gasteiger partial charge is 0.352 e. The molecule has 1 aliphatic carbocycles. The first kappa shape index (κ1) is 18.6. The molecule has 2 heterocycles. The molecule has 0 fully saturated rings. The van der Waals surface area contributed by atoms with Crippen LogP contribution in [0.5, 0.6) is 0 Å². The Hall–Kier alpha value is -2.22. The Balaban J connectivity index is 1.75. The van der Waals surface area contributed by atoms with Gasteiger partial charge in [-0.15, -0.1) is 11.3 Å². The number of carbonyl (C=O) groups excluding carboxylic acids is 2. The number of amides is 2. The minimum Gasteiger partial charge on any atom is -0.352 e. The number of nitrogens with one attached hydrogen (secondary N) is 2. The predicted molar refractivity (Wildman–Crippen MR) is 101 cm³/mol. The summed E-state index contributed by atoms with van der Waals surface area (Å²) >= 11 is 1.59. The van der Waals surface area contributed by atoms with Gasteiger partial charge in [-0.2, -0.15) is 0 Å². The van der Waals surface area contributed by atoms with Crippen molar-refractivity contribution in [1.82, 2.24) is 20.2 Å². The maximum atomic E-state index is 12.8. The fourth-order valence-corrected chi connectivity index (χ4v) is 4.58. The lowest BCUT2D eigenvalue weighted by atomic mass is 9.89. The number of aromatic nitrogens is 2. The summed E-state index contributed by atoms with van der Waals surface area (Å²) in [6, 6.07) is 0.0149. The second kappa shape index (κ2) is 7.57. The summed E-state index contributed by atoms with van der Waals surface area (Å²) in [7, 11) is 0. The quantitative estimate of drug-likeness (QED) is 0.821. The summed E-state index contributed by atoms with van der Waals surface area (Å²) < 4.78 is 1.32. The average Bonchev–Trinajstić information content (AvgIpc) is 2.93. The van der Waals surface area contributed by atoms with Crippen LogP contribution < -0.4 is 16.2 Å². The molecular weight excluding hydrogens is 352 g/mol. The van der Waals surface area contributed by atoms with E-state index in [1.165, 1.54) is 15.8 Å². The third-order valence-corrected chi connectivity index (χ3v) is 5.65. The van der Waals surface area contributed by atoms with E-state index in [1.807, 2.05) is 13.8 Å². The maximum Gasteiger partial charge on any atom is 0.262 e. The van der Waals surface area contributed by atoms with E-state index in [-0.39, 0.29) is 36.5 Å². The average molecular weight is 376 g/mol. The second-order valence-electron chi connectivity index (χ2n) is 7.21. The van der Waals surface area contributed by atoms with Gasteiger partial charge in [-0.3, -0.25) is 19.0 Å². The number of hydrogen-bond acceptors (Lipinski definition) is 5. The second-order valence-corrected chi connectivity index (χ2v) is 8.29. The summed E-state index contributed by atoms with van der Waals surface area (Å²) in [6.45, 7) is 5.68. The molecule has 0 aromatic carbocycles. The van der Waals surface area contributed by atoms with E-state index in [9.17, 15) is 14.4 Å². The third-order valence-electron chi connectivity index (χ3n) is 4.49. The highest BCUT2D eigenvalue weighted by Gasteiger charge is 2.23. The van der Waals surface area contributed by atoms with E-state index >= 15 is 0 Å². The molecule has 0 aliphatic heterocycles. The zero-order chi connectivity index (χ0) is 18.8. The number of thiophene rings is 1. The molecule has 3 rings (SSSR count). The molecule has 0 unspecified atom stereocenters. The van der Waals surface area contributed by atoms with Crippen LogP contribution >= 0.6 is 11.3 Å². The Morgan fingerprint density at radius 2 is 2.15 bits per heavy atom. The van der Waals surface area contributed by atoms with Crippen LogP contribution in [0.25, 0.3) is 10.2 Å². The van der Waals surface area contributed by atoms with Gasteiger partial charge >= 0.3 is 0 Å². The van der Waals surface area contributed by atoms with E-state index in [2.05, 4.69) is 22.5 Å². The summed E-state index contributed by atoms with van der Waals surface area (Å²) in [4.78, 5) is 42.9. The van der Waals surface area contributed by atoms with Gasteiger partial charge in [0.1, 0.15) is 11.4 Å². The van der Waals surface area contributed by atoms with Crippen molar-refractivity contribution in [1.29, 1.82) is 0 Å².